The summed E-state index contributed by atoms with van der Waals surface area (Å²) in [6.07, 6.45) is 1.84. The second kappa shape index (κ2) is 3.89. The zero-order valence-electron chi connectivity index (χ0n) is 7.42. The van der Waals surface area contributed by atoms with E-state index in [1.54, 1.807) is 17.4 Å². The van der Waals surface area contributed by atoms with Crippen molar-refractivity contribution < 1.29 is 0 Å². The van der Waals surface area contributed by atoms with Gasteiger partial charge in [-0.25, -0.2) is 4.98 Å². The predicted octanol–water partition coefficient (Wildman–Crippen LogP) is 4.43. The van der Waals surface area contributed by atoms with E-state index >= 15 is 0 Å². The minimum Gasteiger partial charge on any atom is -0.244 e. The first-order valence-corrected chi connectivity index (χ1v) is 5.62. The highest BCUT2D eigenvalue weighted by Crippen LogP contribution is 2.32. The molecule has 0 unspecified atom stereocenters. The van der Waals surface area contributed by atoms with Crippen LogP contribution in [0.3, 0.4) is 0 Å². The summed E-state index contributed by atoms with van der Waals surface area (Å²) >= 11 is 13.5. The first-order valence-electron chi connectivity index (χ1n) is 4.04. The molecule has 0 aliphatic carbocycles. The topological polar surface area (TPSA) is 12.9 Å². The summed E-state index contributed by atoms with van der Waals surface area (Å²) in [5, 5.41) is 2.23. The number of aromatic nitrogens is 1. The molecule has 4 heteroatoms. The number of thiazole rings is 1. The van der Waals surface area contributed by atoms with Crippen LogP contribution in [-0.4, -0.2) is 4.98 Å². The lowest BCUT2D eigenvalue weighted by molar-refractivity contribution is 1.38. The highest BCUT2D eigenvalue weighted by molar-refractivity contribution is 7.15. The predicted molar refractivity (Wildman–Crippen MR) is 62.3 cm³/mol. The molecule has 2 rings (SSSR count). The summed E-state index contributed by atoms with van der Waals surface area (Å²) in [6.45, 7) is 2.02. The van der Waals surface area contributed by atoms with Crippen molar-refractivity contribution in [1.29, 1.82) is 0 Å². The lowest BCUT2D eigenvalue weighted by Crippen LogP contribution is -1.77. The quantitative estimate of drug-likeness (QED) is 0.723. The molecule has 0 saturated carbocycles. The van der Waals surface area contributed by atoms with Gasteiger partial charge in [0, 0.05) is 21.7 Å². The highest BCUT2D eigenvalue weighted by Gasteiger charge is 2.07. The van der Waals surface area contributed by atoms with Crippen LogP contribution in [0.1, 0.15) is 4.88 Å². The summed E-state index contributed by atoms with van der Waals surface area (Å²) in [5.41, 5.74) is 0.939. The van der Waals surface area contributed by atoms with Crippen LogP contribution in [0, 0.1) is 6.92 Å². The van der Waals surface area contributed by atoms with Gasteiger partial charge in [-0.05, 0) is 25.1 Å². The van der Waals surface area contributed by atoms with Crippen LogP contribution in [0.15, 0.2) is 24.4 Å². The van der Waals surface area contributed by atoms with Gasteiger partial charge in [-0.1, -0.05) is 23.2 Å². The van der Waals surface area contributed by atoms with Crippen LogP contribution in [0.5, 0.6) is 0 Å². The van der Waals surface area contributed by atoms with Crippen LogP contribution in [-0.2, 0) is 0 Å². The van der Waals surface area contributed by atoms with Crippen molar-refractivity contribution in [2.45, 2.75) is 6.92 Å². The van der Waals surface area contributed by atoms with Gasteiger partial charge in [0.05, 0.1) is 5.02 Å². The first-order chi connectivity index (χ1) is 6.66. The maximum Gasteiger partial charge on any atom is 0.125 e. The molecule has 0 atom stereocenters. The summed E-state index contributed by atoms with van der Waals surface area (Å²) in [4.78, 5) is 5.44. The van der Waals surface area contributed by atoms with Gasteiger partial charge in [0.15, 0.2) is 0 Å². The van der Waals surface area contributed by atoms with E-state index in [0.717, 1.165) is 10.6 Å². The Morgan fingerprint density at radius 3 is 2.64 bits per heavy atom. The molecule has 1 nitrogen and oxygen atoms in total. The van der Waals surface area contributed by atoms with Crippen molar-refractivity contribution in [2.24, 2.45) is 0 Å². The molecule has 1 heterocycles. The van der Waals surface area contributed by atoms with Gasteiger partial charge in [-0.3, -0.25) is 0 Å². The summed E-state index contributed by atoms with van der Waals surface area (Å²) in [7, 11) is 0. The Hall–Kier alpha value is -0.570. The Kier molecular flexibility index (Phi) is 2.77. The van der Waals surface area contributed by atoms with Gasteiger partial charge < -0.3 is 0 Å². The van der Waals surface area contributed by atoms with Gasteiger partial charge >= 0.3 is 0 Å². The van der Waals surface area contributed by atoms with Gasteiger partial charge in [0.25, 0.3) is 0 Å². The fourth-order valence-electron chi connectivity index (χ4n) is 1.14. The molecular weight excluding hydrogens is 237 g/mol. The number of aryl methyl sites for hydroxylation is 1. The second-order valence-corrected chi connectivity index (χ2v) is 4.98. The molecule has 0 fully saturated rings. The van der Waals surface area contributed by atoms with Crippen molar-refractivity contribution in [2.75, 3.05) is 0 Å². The zero-order chi connectivity index (χ0) is 10.1. The summed E-state index contributed by atoms with van der Waals surface area (Å²) in [6, 6.07) is 5.44. The molecule has 0 N–H and O–H groups in total. The van der Waals surface area contributed by atoms with E-state index in [0.29, 0.717) is 10.0 Å². The van der Waals surface area contributed by atoms with Crippen LogP contribution >= 0.6 is 34.5 Å². The van der Waals surface area contributed by atoms with Crippen LogP contribution in [0.4, 0.5) is 0 Å². The maximum atomic E-state index is 6.06. The van der Waals surface area contributed by atoms with Gasteiger partial charge in [-0.2, -0.15) is 0 Å². The van der Waals surface area contributed by atoms with E-state index < -0.39 is 0 Å². The van der Waals surface area contributed by atoms with Crippen molar-refractivity contribution in [3.8, 4) is 10.6 Å². The van der Waals surface area contributed by atoms with Gasteiger partial charge in [0.1, 0.15) is 5.01 Å². The minimum atomic E-state index is 0.645. The summed E-state index contributed by atoms with van der Waals surface area (Å²) < 4.78 is 0. The number of hydrogen-bond acceptors (Lipinski definition) is 2. The molecule has 0 aliphatic rings. The Morgan fingerprint density at radius 2 is 2.07 bits per heavy atom. The molecule has 0 bridgehead atoms. The van der Waals surface area contributed by atoms with E-state index in [4.69, 9.17) is 23.2 Å². The average Bonchev–Trinajstić information content (AvgIpc) is 2.51. The van der Waals surface area contributed by atoms with Crippen LogP contribution in [0.25, 0.3) is 10.6 Å². The van der Waals surface area contributed by atoms with E-state index in [1.807, 2.05) is 25.3 Å². The number of halogens is 2. The lowest BCUT2D eigenvalue weighted by Gasteiger charge is -1.99. The number of hydrogen-bond donors (Lipinski definition) is 0. The third-order valence-corrected chi connectivity index (χ3v) is 3.28. The fraction of sp³-hybridized carbons (Fsp3) is 0.100. The summed E-state index contributed by atoms with van der Waals surface area (Å²) in [5.74, 6) is 0. The van der Waals surface area contributed by atoms with Crippen LogP contribution in [0.2, 0.25) is 10.0 Å². The van der Waals surface area contributed by atoms with Crippen molar-refractivity contribution >= 4 is 34.5 Å². The zero-order valence-corrected chi connectivity index (χ0v) is 9.75. The lowest BCUT2D eigenvalue weighted by atomic mass is 10.2. The molecule has 0 spiro atoms. The SMILES string of the molecule is Cc1cnc(-c2ccc(Cl)cc2Cl)s1. The number of rotatable bonds is 1. The molecule has 0 amide bonds. The smallest absolute Gasteiger partial charge is 0.125 e. The van der Waals surface area contributed by atoms with E-state index in [-0.39, 0.29) is 0 Å². The molecule has 14 heavy (non-hydrogen) atoms. The molecule has 1 aromatic carbocycles. The molecule has 72 valence electrons. The van der Waals surface area contributed by atoms with Crippen molar-refractivity contribution in [3.05, 3.63) is 39.3 Å². The van der Waals surface area contributed by atoms with Gasteiger partial charge in [0.2, 0.25) is 0 Å². The normalized spacial score (nSPS) is 10.5. The maximum absolute atomic E-state index is 6.06. The van der Waals surface area contributed by atoms with Crippen molar-refractivity contribution in [3.63, 3.8) is 0 Å². The third-order valence-electron chi connectivity index (χ3n) is 1.78. The van der Waals surface area contributed by atoms with E-state index in [9.17, 15) is 0 Å². The first kappa shape index (κ1) is 9.97. The van der Waals surface area contributed by atoms with E-state index in [1.165, 1.54) is 4.88 Å². The van der Waals surface area contributed by atoms with Gasteiger partial charge in [-0.15, -0.1) is 11.3 Å². The fourth-order valence-corrected chi connectivity index (χ4v) is 2.50. The molecule has 0 saturated heterocycles. The molecular formula is C10H7Cl2NS. The standard InChI is InChI=1S/C10H7Cl2NS/c1-6-5-13-10(14-6)8-3-2-7(11)4-9(8)12/h2-5H,1H3. The Labute approximate surface area is 96.3 Å². The van der Waals surface area contributed by atoms with Crippen molar-refractivity contribution in [1.82, 2.24) is 4.98 Å². The number of benzene rings is 1. The Bertz CT molecular complexity index is 465. The Morgan fingerprint density at radius 1 is 1.29 bits per heavy atom. The second-order valence-electron chi connectivity index (χ2n) is 2.90. The number of nitrogens with zero attached hydrogens (tertiary/aromatic N) is 1. The molecule has 0 radical (unpaired) electrons. The largest absolute Gasteiger partial charge is 0.244 e. The Balaban J connectivity index is 2.52. The molecule has 0 aliphatic heterocycles. The highest BCUT2D eigenvalue weighted by atomic mass is 35.5. The molecule has 1 aromatic heterocycles. The third kappa shape index (κ3) is 1.92. The van der Waals surface area contributed by atoms with E-state index in [2.05, 4.69) is 4.98 Å². The molecule has 2 aromatic rings. The minimum absolute atomic E-state index is 0.645. The average molecular weight is 244 g/mol. The van der Waals surface area contributed by atoms with Crippen LogP contribution < -0.4 is 0 Å². The monoisotopic (exact) mass is 243 g/mol.